The molecular formula is C38H40N2O4. The van der Waals surface area contributed by atoms with Crippen molar-refractivity contribution in [1.29, 1.82) is 0 Å². The lowest BCUT2D eigenvalue weighted by molar-refractivity contribution is -0.128. The molecule has 0 radical (unpaired) electrons. The quantitative estimate of drug-likeness (QED) is 0.147. The number of amides is 1. The fourth-order valence-corrected chi connectivity index (χ4v) is 5.34. The van der Waals surface area contributed by atoms with Crippen molar-refractivity contribution in [2.75, 3.05) is 19.8 Å². The highest BCUT2D eigenvalue weighted by molar-refractivity contribution is 6.01. The number of aliphatic imine (C=N–C) groups is 1. The topological polar surface area (TPSA) is 80.2 Å². The minimum atomic E-state index is -1.20. The molecule has 0 fully saturated rings. The lowest BCUT2D eigenvalue weighted by Gasteiger charge is -2.29. The van der Waals surface area contributed by atoms with E-state index in [0.717, 1.165) is 36.0 Å². The summed E-state index contributed by atoms with van der Waals surface area (Å²) in [7, 11) is 0. The zero-order valence-electron chi connectivity index (χ0n) is 25.0. The summed E-state index contributed by atoms with van der Waals surface area (Å²) in [6, 6.07) is 37.8. The minimum Gasteiger partial charge on any atom is -0.494 e. The average molecular weight is 589 g/mol. The zero-order chi connectivity index (χ0) is 30.5. The van der Waals surface area contributed by atoms with Gasteiger partial charge in [-0.3, -0.25) is 4.79 Å². The van der Waals surface area contributed by atoms with Crippen molar-refractivity contribution >= 4 is 17.9 Å². The summed E-state index contributed by atoms with van der Waals surface area (Å²) >= 11 is 0. The molecule has 1 aliphatic rings. The Morgan fingerprint density at radius 1 is 0.864 bits per heavy atom. The molecular weight excluding hydrogens is 548 g/mol. The van der Waals surface area contributed by atoms with Crippen molar-refractivity contribution < 1.29 is 19.4 Å². The molecule has 0 spiro atoms. The van der Waals surface area contributed by atoms with Gasteiger partial charge in [-0.1, -0.05) is 103 Å². The van der Waals surface area contributed by atoms with Gasteiger partial charge < -0.3 is 19.9 Å². The van der Waals surface area contributed by atoms with Crippen LogP contribution in [0.5, 0.6) is 5.75 Å². The normalized spacial score (nSPS) is 17.7. The number of hydrogen-bond acceptors (Lipinski definition) is 5. The lowest BCUT2D eigenvalue weighted by Crippen LogP contribution is -2.48. The Hall–Kier alpha value is -4.68. The van der Waals surface area contributed by atoms with E-state index in [9.17, 15) is 4.79 Å². The highest BCUT2D eigenvalue weighted by atomic mass is 16.5. The van der Waals surface area contributed by atoms with E-state index in [1.165, 1.54) is 5.56 Å². The second-order valence-electron chi connectivity index (χ2n) is 10.9. The first kappa shape index (κ1) is 30.8. The average Bonchev–Trinajstić information content (AvgIpc) is 3.47. The number of benzene rings is 4. The van der Waals surface area contributed by atoms with Crippen molar-refractivity contribution in [2.24, 2.45) is 4.99 Å². The smallest absolute Gasteiger partial charge is 0.252 e. The van der Waals surface area contributed by atoms with Gasteiger partial charge in [0.2, 0.25) is 5.90 Å². The summed E-state index contributed by atoms with van der Waals surface area (Å²) in [5, 5.41) is 12.3. The Kier molecular flexibility index (Phi) is 11.0. The Bertz CT molecular complexity index is 1510. The number of aliphatic hydroxyl groups is 1. The van der Waals surface area contributed by atoms with Crippen LogP contribution >= 0.6 is 0 Å². The van der Waals surface area contributed by atoms with Crippen LogP contribution < -0.4 is 10.1 Å². The lowest BCUT2D eigenvalue weighted by atomic mass is 9.84. The van der Waals surface area contributed by atoms with Gasteiger partial charge in [-0.2, -0.15) is 0 Å². The molecule has 0 unspecified atom stereocenters. The Morgan fingerprint density at radius 2 is 1.55 bits per heavy atom. The third-order valence-electron chi connectivity index (χ3n) is 7.69. The monoisotopic (exact) mass is 588 g/mol. The first-order valence-electron chi connectivity index (χ1n) is 15.4. The molecule has 226 valence electrons. The predicted octanol–water partition coefficient (Wildman–Crippen LogP) is 6.95. The van der Waals surface area contributed by atoms with Gasteiger partial charge in [0, 0.05) is 31.6 Å². The molecule has 0 aliphatic carbocycles. The fourth-order valence-electron chi connectivity index (χ4n) is 5.34. The minimum absolute atomic E-state index is 0.0828. The molecule has 1 amide bonds. The maximum Gasteiger partial charge on any atom is 0.252 e. The van der Waals surface area contributed by atoms with Crippen LogP contribution in [0.4, 0.5) is 0 Å². The van der Waals surface area contributed by atoms with Gasteiger partial charge in [0.1, 0.15) is 5.75 Å². The number of hydrogen-bond donors (Lipinski definition) is 2. The van der Waals surface area contributed by atoms with Crippen molar-refractivity contribution in [3.05, 3.63) is 144 Å². The van der Waals surface area contributed by atoms with E-state index in [4.69, 9.17) is 19.6 Å². The second-order valence-corrected chi connectivity index (χ2v) is 10.9. The summed E-state index contributed by atoms with van der Waals surface area (Å²) in [4.78, 5) is 19.3. The SMILES string of the molecule is O=C(NCCCCc1ccccc1)[C@]1(C/C=C/c2ccccc2)N=C(c2ccc(OCCCO)cc2)O[C@@H]1c1ccccc1. The number of nitrogens with one attached hydrogen (secondary N) is 1. The van der Waals surface area contributed by atoms with Gasteiger partial charge in [0.25, 0.3) is 5.91 Å². The molecule has 44 heavy (non-hydrogen) atoms. The van der Waals surface area contributed by atoms with Gasteiger partial charge >= 0.3 is 0 Å². The molecule has 2 N–H and O–H groups in total. The number of carbonyl (C=O) groups is 1. The maximum atomic E-state index is 14.2. The van der Waals surface area contributed by atoms with E-state index in [-0.39, 0.29) is 12.5 Å². The summed E-state index contributed by atoms with van der Waals surface area (Å²) in [5.74, 6) is 0.974. The van der Waals surface area contributed by atoms with Crippen molar-refractivity contribution in [3.8, 4) is 5.75 Å². The van der Waals surface area contributed by atoms with Gasteiger partial charge in [-0.25, -0.2) is 4.99 Å². The molecule has 0 bridgehead atoms. The summed E-state index contributed by atoms with van der Waals surface area (Å²) in [6.45, 7) is 1.08. The standard InChI is InChI=1S/C38H40N2O4/c41-28-13-29-43-34-24-22-33(23-25-34)36-40-38(26-12-19-31-16-6-2-7-17-31,35(44-36)32-20-8-3-9-21-32)37(42)39-27-11-10-18-30-14-4-1-5-15-30/h1-9,12,14-17,19-25,35,41H,10-11,13,18,26-29H2,(H,39,42)/b19-12+/t35-,38-/m1/s1. The van der Waals surface area contributed by atoms with Crippen molar-refractivity contribution in [1.82, 2.24) is 5.32 Å². The molecule has 4 aromatic rings. The Morgan fingerprint density at radius 3 is 2.25 bits per heavy atom. The highest BCUT2D eigenvalue weighted by Gasteiger charge is 2.52. The van der Waals surface area contributed by atoms with Crippen molar-refractivity contribution in [3.63, 3.8) is 0 Å². The van der Waals surface area contributed by atoms with E-state index in [1.54, 1.807) is 0 Å². The van der Waals surface area contributed by atoms with Crippen LogP contribution in [0.25, 0.3) is 6.08 Å². The largest absolute Gasteiger partial charge is 0.494 e. The maximum absolute atomic E-state index is 14.2. The van der Waals surface area contributed by atoms with E-state index in [2.05, 4.69) is 29.6 Å². The molecule has 5 rings (SSSR count). The molecule has 6 nitrogen and oxygen atoms in total. The number of nitrogens with zero attached hydrogens (tertiary/aromatic N) is 1. The van der Waals surface area contributed by atoms with Crippen LogP contribution in [0.2, 0.25) is 0 Å². The predicted molar refractivity (Wildman–Crippen MR) is 176 cm³/mol. The number of unbranched alkanes of at least 4 members (excludes halogenated alkanes) is 1. The van der Waals surface area contributed by atoms with Gasteiger partial charge in [-0.15, -0.1) is 0 Å². The first-order chi connectivity index (χ1) is 21.7. The third kappa shape index (κ3) is 8.03. The summed E-state index contributed by atoms with van der Waals surface area (Å²) in [6.07, 6.45) is 7.19. The fraction of sp³-hybridized carbons (Fsp3) is 0.263. The van der Waals surface area contributed by atoms with Gasteiger partial charge in [0.15, 0.2) is 11.6 Å². The number of aliphatic hydroxyl groups excluding tert-OH is 1. The van der Waals surface area contributed by atoms with E-state index in [0.29, 0.717) is 37.6 Å². The molecule has 1 heterocycles. The molecule has 1 aliphatic heterocycles. The van der Waals surface area contributed by atoms with Crippen LogP contribution in [-0.4, -0.2) is 42.2 Å². The second kappa shape index (κ2) is 15.7. The number of rotatable bonds is 15. The zero-order valence-corrected chi connectivity index (χ0v) is 25.0. The van der Waals surface area contributed by atoms with Crippen LogP contribution in [0.15, 0.2) is 126 Å². The van der Waals surface area contributed by atoms with E-state index < -0.39 is 11.6 Å². The number of aryl methyl sites for hydroxylation is 1. The van der Waals surface area contributed by atoms with Gasteiger partial charge in [-0.05, 0) is 60.2 Å². The van der Waals surface area contributed by atoms with Crippen LogP contribution in [0.3, 0.4) is 0 Å². The molecule has 0 aromatic heterocycles. The van der Waals surface area contributed by atoms with E-state index in [1.807, 2.05) is 103 Å². The molecule has 4 aromatic carbocycles. The number of carbonyl (C=O) groups excluding carboxylic acids is 1. The summed E-state index contributed by atoms with van der Waals surface area (Å²) in [5.41, 5.74) is 2.82. The number of ether oxygens (including phenoxy) is 2. The molecule has 0 saturated carbocycles. The van der Waals surface area contributed by atoms with Crippen molar-refractivity contribution in [2.45, 2.75) is 43.7 Å². The van der Waals surface area contributed by atoms with Crippen LogP contribution in [0.1, 0.15) is 54.0 Å². The molecule has 2 atom stereocenters. The molecule has 6 heteroatoms. The highest BCUT2D eigenvalue weighted by Crippen LogP contribution is 2.43. The van der Waals surface area contributed by atoms with Crippen LogP contribution in [0, 0.1) is 0 Å². The summed E-state index contributed by atoms with van der Waals surface area (Å²) < 4.78 is 12.3. The van der Waals surface area contributed by atoms with Crippen LogP contribution in [-0.2, 0) is 16.0 Å². The van der Waals surface area contributed by atoms with E-state index >= 15 is 0 Å². The first-order valence-corrected chi connectivity index (χ1v) is 15.4. The molecule has 0 saturated heterocycles. The Labute approximate surface area is 260 Å². The Balaban J connectivity index is 1.40. The van der Waals surface area contributed by atoms with Gasteiger partial charge in [0.05, 0.1) is 6.61 Å². The third-order valence-corrected chi connectivity index (χ3v) is 7.69.